The Balaban J connectivity index is 1.50. The first-order valence-corrected chi connectivity index (χ1v) is 8.78. The van der Waals surface area contributed by atoms with Crippen LogP contribution in [0.5, 0.6) is 0 Å². The summed E-state index contributed by atoms with van der Waals surface area (Å²) in [4.78, 5) is 12.5. The lowest BCUT2D eigenvalue weighted by Crippen LogP contribution is -2.22. The van der Waals surface area contributed by atoms with Gasteiger partial charge in [-0.2, -0.15) is 5.10 Å². The van der Waals surface area contributed by atoms with Crippen molar-refractivity contribution in [2.75, 3.05) is 5.32 Å². The van der Waals surface area contributed by atoms with Gasteiger partial charge in [-0.05, 0) is 48.4 Å². The van der Waals surface area contributed by atoms with Crippen molar-refractivity contribution in [1.29, 1.82) is 0 Å². The second kappa shape index (κ2) is 6.94. The van der Waals surface area contributed by atoms with Gasteiger partial charge in [0, 0.05) is 10.7 Å². The maximum Gasteiger partial charge on any atom is 0.276 e. The number of hydrogen-bond acceptors (Lipinski definition) is 3. The minimum Gasteiger partial charge on any atom is -0.365 e. The van der Waals surface area contributed by atoms with Crippen LogP contribution in [0.2, 0.25) is 5.02 Å². The number of anilines is 1. The number of rotatable bonds is 3. The molecule has 2 aromatic carbocycles. The Hall–Kier alpha value is -2.63. The van der Waals surface area contributed by atoms with Gasteiger partial charge in [-0.25, -0.2) is 0 Å². The van der Waals surface area contributed by atoms with Crippen LogP contribution < -0.4 is 5.32 Å². The summed E-state index contributed by atoms with van der Waals surface area (Å²) in [5, 5.41) is 8.04. The molecule has 0 saturated heterocycles. The van der Waals surface area contributed by atoms with Crippen LogP contribution in [0.4, 0.5) is 5.69 Å². The van der Waals surface area contributed by atoms with Gasteiger partial charge >= 0.3 is 0 Å². The van der Waals surface area contributed by atoms with Crippen LogP contribution in [0.3, 0.4) is 0 Å². The van der Waals surface area contributed by atoms with Gasteiger partial charge in [0.15, 0.2) is 5.69 Å². The van der Waals surface area contributed by atoms with E-state index in [-0.39, 0.29) is 12.0 Å². The summed E-state index contributed by atoms with van der Waals surface area (Å²) in [5.74, 6) is -0.222. The van der Waals surface area contributed by atoms with Crippen molar-refractivity contribution in [3.8, 4) is 0 Å². The minimum atomic E-state index is -0.222. The first kappa shape index (κ1) is 16.8. The third kappa shape index (κ3) is 3.49. The van der Waals surface area contributed by atoms with Gasteiger partial charge in [0.1, 0.15) is 6.10 Å². The Morgan fingerprint density at radius 2 is 2.04 bits per heavy atom. The van der Waals surface area contributed by atoms with Crippen LogP contribution in [0.15, 0.2) is 54.6 Å². The molecule has 3 aromatic rings. The Morgan fingerprint density at radius 1 is 1.23 bits per heavy atom. The van der Waals surface area contributed by atoms with E-state index >= 15 is 0 Å². The molecule has 0 saturated carbocycles. The molecule has 26 heavy (non-hydrogen) atoms. The lowest BCUT2D eigenvalue weighted by molar-refractivity contribution is -0.00118. The van der Waals surface area contributed by atoms with Gasteiger partial charge in [0.25, 0.3) is 5.91 Å². The van der Waals surface area contributed by atoms with Crippen LogP contribution >= 0.6 is 11.6 Å². The molecule has 1 amide bonds. The van der Waals surface area contributed by atoms with Crippen molar-refractivity contribution in [1.82, 2.24) is 9.78 Å². The highest BCUT2D eigenvalue weighted by Gasteiger charge is 2.24. The standard InChI is InChI=1S/C20H18ClN3O2/c1-13-3-2-4-16(9-13)22-20(25)18-10-17-12-26-19(11-24(17)23-18)14-5-7-15(21)8-6-14/h2-10,19H,11-12H2,1H3,(H,22,25)/t19-/m1/s1. The molecule has 2 heterocycles. The topological polar surface area (TPSA) is 56.2 Å². The number of hydrogen-bond donors (Lipinski definition) is 1. The Labute approximate surface area is 156 Å². The lowest BCUT2D eigenvalue weighted by atomic mass is 10.1. The van der Waals surface area contributed by atoms with E-state index in [0.29, 0.717) is 23.9 Å². The Kier molecular flexibility index (Phi) is 4.49. The molecule has 0 unspecified atom stereocenters. The number of nitrogens with one attached hydrogen (secondary N) is 1. The van der Waals surface area contributed by atoms with E-state index in [1.54, 1.807) is 6.07 Å². The van der Waals surface area contributed by atoms with Crippen molar-refractivity contribution in [2.45, 2.75) is 26.2 Å². The highest BCUT2D eigenvalue weighted by atomic mass is 35.5. The zero-order valence-electron chi connectivity index (χ0n) is 14.3. The maximum atomic E-state index is 12.5. The average Bonchev–Trinajstić information content (AvgIpc) is 3.06. The van der Waals surface area contributed by atoms with Gasteiger partial charge in [-0.1, -0.05) is 35.9 Å². The molecular weight excluding hydrogens is 350 g/mol. The number of amides is 1. The molecule has 1 N–H and O–H groups in total. The normalized spacial score (nSPS) is 16.2. The minimum absolute atomic E-state index is 0.104. The number of aryl methyl sites for hydroxylation is 1. The summed E-state index contributed by atoms with van der Waals surface area (Å²) in [5.41, 5.74) is 4.18. The summed E-state index contributed by atoms with van der Waals surface area (Å²) in [7, 11) is 0. The van der Waals surface area contributed by atoms with Crippen molar-refractivity contribution in [3.63, 3.8) is 0 Å². The summed E-state index contributed by atoms with van der Waals surface area (Å²) in [6, 6.07) is 17.1. The molecule has 1 aromatic heterocycles. The Morgan fingerprint density at radius 3 is 2.81 bits per heavy atom. The first-order chi connectivity index (χ1) is 12.6. The third-order valence-corrected chi connectivity index (χ3v) is 4.64. The van der Waals surface area contributed by atoms with E-state index in [4.69, 9.17) is 16.3 Å². The van der Waals surface area contributed by atoms with Crippen LogP contribution in [0, 0.1) is 6.92 Å². The summed E-state index contributed by atoms with van der Waals surface area (Å²) < 4.78 is 7.76. The molecule has 0 spiro atoms. The highest BCUT2D eigenvalue weighted by molar-refractivity contribution is 6.30. The number of nitrogens with zero attached hydrogens (tertiary/aromatic N) is 2. The second-order valence-corrected chi connectivity index (χ2v) is 6.81. The number of fused-ring (bicyclic) bond motifs is 1. The van der Waals surface area contributed by atoms with Crippen LogP contribution in [-0.4, -0.2) is 15.7 Å². The van der Waals surface area contributed by atoms with Crippen LogP contribution in [0.25, 0.3) is 0 Å². The molecule has 0 radical (unpaired) electrons. The fourth-order valence-electron chi connectivity index (χ4n) is 3.03. The van der Waals surface area contributed by atoms with E-state index in [2.05, 4.69) is 10.4 Å². The average molecular weight is 368 g/mol. The monoisotopic (exact) mass is 367 g/mol. The van der Waals surface area contributed by atoms with Crippen molar-refractivity contribution >= 4 is 23.2 Å². The van der Waals surface area contributed by atoms with Crippen molar-refractivity contribution in [2.24, 2.45) is 0 Å². The molecule has 0 aliphatic carbocycles. The zero-order valence-corrected chi connectivity index (χ0v) is 15.0. The van der Waals surface area contributed by atoms with E-state index in [1.807, 2.05) is 60.1 Å². The molecule has 4 rings (SSSR count). The summed E-state index contributed by atoms with van der Waals surface area (Å²) >= 11 is 5.94. The molecule has 0 fully saturated rings. The molecule has 132 valence electrons. The summed E-state index contributed by atoms with van der Waals surface area (Å²) in [6.07, 6.45) is -0.104. The number of halogens is 1. The molecule has 6 heteroatoms. The largest absolute Gasteiger partial charge is 0.365 e. The van der Waals surface area contributed by atoms with Crippen molar-refractivity contribution in [3.05, 3.63) is 82.1 Å². The van der Waals surface area contributed by atoms with E-state index in [9.17, 15) is 4.79 Å². The number of aromatic nitrogens is 2. The SMILES string of the molecule is Cc1cccc(NC(=O)c2cc3n(n2)C[C@H](c2ccc(Cl)cc2)OC3)c1. The predicted molar refractivity (Wildman–Crippen MR) is 100 cm³/mol. The quantitative estimate of drug-likeness (QED) is 0.747. The first-order valence-electron chi connectivity index (χ1n) is 8.40. The van der Waals surface area contributed by atoms with E-state index in [0.717, 1.165) is 22.5 Å². The van der Waals surface area contributed by atoms with Gasteiger partial charge in [0.05, 0.1) is 18.8 Å². The fraction of sp³-hybridized carbons (Fsp3) is 0.200. The van der Waals surface area contributed by atoms with Gasteiger partial charge < -0.3 is 10.1 Å². The molecular formula is C20H18ClN3O2. The van der Waals surface area contributed by atoms with Crippen molar-refractivity contribution < 1.29 is 9.53 Å². The molecule has 5 nitrogen and oxygen atoms in total. The van der Waals surface area contributed by atoms with Gasteiger partial charge in [-0.3, -0.25) is 9.48 Å². The lowest BCUT2D eigenvalue weighted by Gasteiger charge is -2.24. The zero-order chi connectivity index (χ0) is 18.1. The molecule has 1 atom stereocenters. The van der Waals surface area contributed by atoms with Gasteiger partial charge in [-0.15, -0.1) is 0 Å². The number of benzene rings is 2. The van der Waals surface area contributed by atoms with E-state index < -0.39 is 0 Å². The molecule has 0 bridgehead atoms. The predicted octanol–water partition coefficient (Wildman–Crippen LogP) is 4.37. The smallest absolute Gasteiger partial charge is 0.276 e. The highest BCUT2D eigenvalue weighted by Crippen LogP contribution is 2.27. The second-order valence-electron chi connectivity index (χ2n) is 6.38. The van der Waals surface area contributed by atoms with E-state index in [1.165, 1.54) is 0 Å². The Bertz CT molecular complexity index is 950. The molecule has 1 aliphatic heterocycles. The van der Waals surface area contributed by atoms with Crippen LogP contribution in [-0.2, 0) is 17.9 Å². The number of carbonyl (C=O) groups is 1. The van der Waals surface area contributed by atoms with Crippen LogP contribution in [0.1, 0.15) is 33.4 Å². The van der Waals surface area contributed by atoms with Gasteiger partial charge in [0.2, 0.25) is 0 Å². The fourth-order valence-corrected chi connectivity index (χ4v) is 3.16. The number of ether oxygens (including phenoxy) is 1. The molecule has 1 aliphatic rings. The number of carbonyl (C=O) groups excluding carboxylic acids is 1. The maximum absolute atomic E-state index is 12.5. The summed E-state index contributed by atoms with van der Waals surface area (Å²) in [6.45, 7) is 2.96. The third-order valence-electron chi connectivity index (χ3n) is 4.38.